The molecule has 1 aromatic carbocycles. The van der Waals surface area contributed by atoms with Gasteiger partial charge in [0, 0.05) is 18.7 Å². The first-order valence-corrected chi connectivity index (χ1v) is 5.89. The molecule has 0 amide bonds. The summed E-state index contributed by atoms with van der Waals surface area (Å²) in [5.41, 5.74) is 1.10. The van der Waals surface area contributed by atoms with Gasteiger partial charge in [0.2, 0.25) is 0 Å². The van der Waals surface area contributed by atoms with E-state index in [-0.39, 0.29) is 0 Å². The van der Waals surface area contributed by atoms with Gasteiger partial charge in [-0.1, -0.05) is 6.92 Å². The maximum absolute atomic E-state index is 7.80. The van der Waals surface area contributed by atoms with Crippen LogP contribution in [0.25, 0.3) is 0 Å². The zero-order chi connectivity index (χ0) is 11.4. The molecule has 1 N–H and O–H groups in total. The molecule has 0 radical (unpaired) electrons. The Morgan fingerprint density at radius 3 is 2.62 bits per heavy atom. The minimum atomic E-state index is 0.724. The van der Waals surface area contributed by atoms with Gasteiger partial charge in [-0.2, -0.15) is 0 Å². The smallest absolute Gasteiger partial charge is 0.119 e. The van der Waals surface area contributed by atoms with Crippen LogP contribution < -0.4 is 9.64 Å². The van der Waals surface area contributed by atoms with Gasteiger partial charge in [-0.3, -0.25) is 5.41 Å². The first kappa shape index (κ1) is 11.0. The molecule has 2 rings (SSSR count). The Balaban J connectivity index is 2.04. The molecule has 1 aliphatic rings. The molecule has 1 saturated heterocycles. The lowest BCUT2D eigenvalue weighted by atomic mass is 10.3. The Morgan fingerprint density at radius 1 is 1.31 bits per heavy atom. The summed E-state index contributed by atoms with van der Waals surface area (Å²) in [6.07, 6.45) is 3.01. The molecular formula is C13H18N2O. The first-order valence-electron chi connectivity index (χ1n) is 5.89. The summed E-state index contributed by atoms with van der Waals surface area (Å²) in [6.45, 7) is 3.83. The van der Waals surface area contributed by atoms with Crippen LogP contribution in [-0.2, 0) is 0 Å². The predicted molar refractivity (Wildman–Crippen MR) is 66.5 cm³/mol. The Hall–Kier alpha value is -1.51. The minimum absolute atomic E-state index is 0.724. The van der Waals surface area contributed by atoms with Gasteiger partial charge in [-0.25, -0.2) is 0 Å². The third-order valence-corrected chi connectivity index (χ3v) is 2.74. The standard InChI is InChI=1S/C13H18N2O/c1-2-10-16-12-7-5-11(6-8-12)15-9-3-4-13(15)14/h5-8,14H,2-4,9-10H2,1H3. The van der Waals surface area contributed by atoms with E-state index in [4.69, 9.17) is 10.1 Å². The molecule has 0 atom stereocenters. The lowest BCUT2D eigenvalue weighted by Crippen LogP contribution is -2.22. The molecule has 0 bridgehead atoms. The molecule has 1 heterocycles. The van der Waals surface area contributed by atoms with E-state index in [9.17, 15) is 0 Å². The molecule has 3 heteroatoms. The van der Waals surface area contributed by atoms with E-state index in [1.807, 2.05) is 24.3 Å². The monoisotopic (exact) mass is 218 g/mol. The average Bonchev–Trinajstić information content (AvgIpc) is 2.74. The van der Waals surface area contributed by atoms with Gasteiger partial charge >= 0.3 is 0 Å². The van der Waals surface area contributed by atoms with Crippen molar-refractivity contribution in [3.63, 3.8) is 0 Å². The minimum Gasteiger partial charge on any atom is -0.494 e. The normalized spacial score (nSPS) is 15.6. The molecule has 1 aromatic rings. The summed E-state index contributed by atoms with van der Waals surface area (Å²) in [4.78, 5) is 2.06. The summed E-state index contributed by atoms with van der Waals surface area (Å²) in [5.74, 6) is 1.64. The molecule has 0 saturated carbocycles. The van der Waals surface area contributed by atoms with E-state index in [0.29, 0.717) is 0 Å². The molecule has 1 aliphatic heterocycles. The third kappa shape index (κ3) is 2.35. The number of nitrogens with zero attached hydrogens (tertiary/aromatic N) is 1. The SMILES string of the molecule is CCCOc1ccc(N2CCCC2=N)cc1. The summed E-state index contributed by atoms with van der Waals surface area (Å²) < 4.78 is 5.53. The number of benzene rings is 1. The lowest BCUT2D eigenvalue weighted by molar-refractivity contribution is 0.317. The fourth-order valence-electron chi connectivity index (χ4n) is 1.90. The second kappa shape index (κ2) is 5.01. The van der Waals surface area contributed by atoms with Crippen molar-refractivity contribution < 1.29 is 4.74 Å². The maximum Gasteiger partial charge on any atom is 0.119 e. The molecule has 86 valence electrons. The number of rotatable bonds is 4. The van der Waals surface area contributed by atoms with Gasteiger partial charge in [-0.15, -0.1) is 0 Å². The van der Waals surface area contributed by atoms with E-state index < -0.39 is 0 Å². The van der Waals surface area contributed by atoms with Gasteiger partial charge in [0.1, 0.15) is 11.6 Å². The highest BCUT2D eigenvalue weighted by molar-refractivity contribution is 5.97. The number of anilines is 1. The highest BCUT2D eigenvalue weighted by Crippen LogP contribution is 2.23. The van der Waals surface area contributed by atoms with Gasteiger partial charge in [-0.05, 0) is 37.1 Å². The Bertz CT molecular complexity index is 359. The van der Waals surface area contributed by atoms with Crippen molar-refractivity contribution in [2.45, 2.75) is 26.2 Å². The maximum atomic E-state index is 7.80. The van der Waals surface area contributed by atoms with E-state index in [0.717, 1.165) is 49.7 Å². The van der Waals surface area contributed by atoms with Crippen LogP contribution in [0.2, 0.25) is 0 Å². The van der Waals surface area contributed by atoms with Crippen LogP contribution in [0.5, 0.6) is 5.75 Å². The van der Waals surface area contributed by atoms with E-state index in [1.54, 1.807) is 0 Å². The number of hydrogen-bond acceptors (Lipinski definition) is 2. The van der Waals surface area contributed by atoms with Crippen LogP contribution in [0.15, 0.2) is 24.3 Å². The molecule has 16 heavy (non-hydrogen) atoms. The van der Waals surface area contributed by atoms with E-state index in [2.05, 4.69) is 11.8 Å². The number of amidine groups is 1. The van der Waals surface area contributed by atoms with Gasteiger partial charge in [0.25, 0.3) is 0 Å². The van der Waals surface area contributed by atoms with Crippen molar-refractivity contribution in [3.05, 3.63) is 24.3 Å². The van der Waals surface area contributed by atoms with Crippen LogP contribution >= 0.6 is 0 Å². The predicted octanol–water partition coefficient (Wildman–Crippen LogP) is 3.05. The van der Waals surface area contributed by atoms with E-state index in [1.165, 1.54) is 0 Å². The van der Waals surface area contributed by atoms with Crippen molar-refractivity contribution in [1.82, 2.24) is 0 Å². The Kier molecular flexibility index (Phi) is 3.44. The van der Waals surface area contributed by atoms with Crippen LogP contribution in [0, 0.1) is 5.41 Å². The topological polar surface area (TPSA) is 36.3 Å². The summed E-state index contributed by atoms with van der Waals surface area (Å²) in [5, 5.41) is 7.80. The fourth-order valence-corrected chi connectivity index (χ4v) is 1.90. The van der Waals surface area contributed by atoms with Crippen LogP contribution in [-0.4, -0.2) is 19.0 Å². The summed E-state index contributed by atoms with van der Waals surface area (Å²) in [7, 11) is 0. The average molecular weight is 218 g/mol. The molecule has 0 spiro atoms. The van der Waals surface area contributed by atoms with Crippen LogP contribution in [0.1, 0.15) is 26.2 Å². The summed E-state index contributed by atoms with van der Waals surface area (Å²) >= 11 is 0. The molecule has 3 nitrogen and oxygen atoms in total. The van der Waals surface area contributed by atoms with Crippen molar-refractivity contribution in [2.24, 2.45) is 0 Å². The van der Waals surface area contributed by atoms with Crippen LogP contribution in [0.4, 0.5) is 5.69 Å². The molecule has 0 aromatic heterocycles. The van der Waals surface area contributed by atoms with Crippen molar-refractivity contribution in [1.29, 1.82) is 5.41 Å². The van der Waals surface area contributed by atoms with Crippen molar-refractivity contribution >= 4 is 11.5 Å². The second-order valence-corrected chi connectivity index (χ2v) is 4.04. The third-order valence-electron chi connectivity index (χ3n) is 2.74. The lowest BCUT2D eigenvalue weighted by Gasteiger charge is -2.18. The number of nitrogens with one attached hydrogen (secondary N) is 1. The molecule has 0 aliphatic carbocycles. The van der Waals surface area contributed by atoms with E-state index >= 15 is 0 Å². The van der Waals surface area contributed by atoms with Crippen LogP contribution in [0.3, 0.4) is 0 Å². The van der Waals surface area contributed by atoms with Gasteiger partial charge < -0.3 is 9.64 Å². The number of hydrogen-bond donors (Lipinski definition) is 1. The van der Waals surface area contributed by atoms with Crippen molar-refractivity contribution in [3.8, 4) is 5.75 Å². The zero-order valence-corrected chi connectivity index (χ0v) is 9.70. The quantitative estimate of drug-likeness (QED) is 0.843. The fraction of sp³-hybridized carbons (Fsp3) is 0.462. The molecule has 1 fully saturated rings. The Labute approximate surface area is 96.5 Å². The molecular weight excluding hydrogens is 200 g/mol. The van der Waals surface area contributed by atoms with Crippen molar-refractivity contribution in [2.75, 3.05) is 18.1 Å². The zero-order valence-electron chi connectivity index (χ0n) is 9.70. The Morgan fingerprint density at radius 2 is 2.06 bits per heavy atom. The number of ether oxygens (including phenoxy) is 1. The first-order chi connectivity index (χ1) is 7.81. The second-order valence-electron chi connectivity index (χ2n) is 4.04. The highest BCUT2D eigenvalue weighted by Gasteiger charge is 2.17. The molecule has 0 unspecified atom stereocenters. The summed E-state index contributed by atoms with van der Waals surface area (Å²) in [6, 6.07) is 8.03. The van der Waals surface area contributed by atoms with Gasteiger partial charge in [0.15, 0.2) is 0 Å². The largest absolute Gasteiger partial charge is 0.494 e. The van der Waals surface area contributed by atoms with Gasteiger partial charge in [0.05, 0.1) is 6.61 Å². The highest BCUT2D eigenvalue weighted by atomic mass is 16.5.